The van der Waals surface area contributed by atoms with Crippen molar-refractivity contribution in [2.24, 2.45) is 5.73 Å². The number of para-hydroxylation sites is 1. The average molecular weight is 257 g/mol. The van der Waals surface area contributed by atoms with Crippen molar-refractivity contribution >= 4 is 16.7 Å². The maximum Gasteiger partial charge on any atom is 0.132 e. The first-order valence-electron chi connectivity index (χ1n) is 7.01. The van der Waals surface area contributed by atoms with Gasteiger partial charge >= 0.3 is 0 Å². The molecule has 2 aromatic rings. The first-order valence-corrected chi connectivity index (χ1v) is 7.01. The Morgan fingerprint density at radius 1 is 1.26 bits per heavy atom. The minimum atomic E-state index is 0.201. The molecule has 0 aliphatic heterocycles. The lowest BCUT2D eigenvalue weighted by atomic mass is 10.0. The zero-order valence-corrected chi connectivity index (χ0v) is 12.1. The van der Waals surface area contributed by atoms with Crippen molar-refractivity contribution in [1.82, 2.24) is 4.98 Å². The van der Waals surface area contributed by atoms with Crippen LogP contribution in [0.4, 0.5) is 5.82 Å². The monoisotopic (exact) mass is 257 g/mol. The molecule has 2 rings (SSSR count). The van der Waals surface area contributed by atoms with E-state index in [2.05, 4.69) is 50.1 Å². The number of hydrogen-bond donors (Lipinski definition) is 1. The third-order valence-electron chi connectivity index (χ3n) is 3.62. The van der Waals surface area contributed by atoms with Gasteiger partial charge in [-0.15, -0.1) is 0 Å². The Balaban J connectivity index is 2.50. The molecule has 1 heterocycles. The molecule has 19 heavy (non-hydrogen) atoms. The van der Waals surface area contributed by atoms with Crippen molar-refractivity contribution in [3.63, 3.8) is 0 Å². The molecule has 3 heteroatoms. The van der Waals surface area contributed by atoms with Crippen molar-refractivity contribution in [2.75, 3.05) is 18.5 Å². The van der Waals surface area contributed by atoms with Crippen LogP contribution in [0.1, 0.15) is 25.8 Å². The lowest BCUT2D eigenvalue weighted by Crippen LogP contribution is -2.25. The summed E-state index contributed by atoms with van der Waals surface area (Å²) in [4.78, 5) is 6.99. The predicted octanol–water partition coefficient (Wildman–Crippen LogP) is 2.97. The van der Waals surface area contributed by atoms with Gasteiger partial charge in [0.1, 0.15) is 5.82 Å². The van der Waals surface area contributed by atoms with E-state index in [9.17, 15) is 0 Å². The van der Waals surface area contributed by atoms with Crippen LogP contribution in [0.3, 0.4) is 0 Å². The quantitative estimate of drug-likeness (QED) is 0.895. The lowest BCUT2D eigenvalue weighted by Gasteiger charge is -2.21. The Morgan fingerprint density at radius 2 is 2.00 bits per heavy atom. The highest BCUT2D eigenvalue weighted by atomic mass is 15.2. The summed E-state index contributed by atoms with van der Waals surface area (Å²) in [7, 11) is 2.08. The molecule has 0 saturated carbocycles. The van der Waals surface area contributed by atoms with Crippen molar-refractivity contribution in [1.29, 1.82) is 0 Å². The van der Waals surface area contributed by atoms with E-state index < -0.39 is 0 Å². The van der Waals surface area contributed by atoms with Crippen LogP contribution in [-0.4, -0.2) is 24.6 Å². The number of nitrogens with zero attached hydrogens (tertiary/aromatic N) is 2. The molecular weight excluding hydrogens is 234 g/mol. The number of hydrogen-bond acceptors (Lipinski definition) is 3. The number of rotatable bonds is 5. The zero-order chi connectivity index (χ0) is 13.8. The van der Waals surface area contributed by atoms with Gasteiger partial charge in [0.15, 0.2) is 0 Å². The second-order valence-electron chi connectivity index (χ2n) is 5.05. The minimum absolute atomic E-state index is 0.201. The van der Waals surface area contributed by atoms with E-state index in [1.54, 1.807) is 0 Å². The van der Waals surface area contributed by atoms with Gasteiger partial charge in [-0.05, 0) is 37.5 Å². The van der Waals surface area contributed by atoms with Crippen LogP contribution in [-0.2, 0) is 6.42 Å². The Morgan fingerprint density at radius 3 is 2.68 bits per heavy atom. The lowest BCUT2D eigenvalue weighted by molar-refractivity contribution is 0.644. The van der Waals surface area contributed by atoms with Gasteiger partial charge in [0.25, 0.3) is 0 Å². The maximum absolute atomic E-state index is 6.11. The number of aromatic nitrogens is 1. The highest BCUT2D eigenvalue weighted by Crippen LogP contribution is 2.24. The van der Waals surface area contributed by atoms with Crippen LogP contribution in [0, 0.1) is 0 Å². The molecule has 0 radical (unpaired) electrons. The fourth-order valence-electron chi connectivity index (χ4n) is 2.21. The minimum Gasteiger partial charge on any atom is -0.360 e. The van der Waals surface area contributed by atoms with Gasteiger partial charge < -0.3 is 10.6 Å². The van der Waals surface area contributed by atoms with Crippen LogP contribution in [0.5, 0.6) is 0 Å². The molecule has 1 aromatic heterocycles. The Bertz CT molecular complexity index is 551. The number of anilines is 1. The molecule has 1 atom stereocenters. The van der Waals surface area contributed by atoms with Crippen molar-refractivity contribution < 1.29 is 0 Å². The van der Waals surface area contributed by atoms with Crippen LogP contribution >= 0.6 is 0 Å². The average Bonchev–Trinajstić information content (AvgIpc) is 2.45. The molecule has 102 valence electrons. The smallest absolute Gasteiger partial charge is 0.132 e. The fourth-order valence-corrected chi connectivity index (χ4v) is 2.21. The van der Waals surface area contributed by atoms with Gasteiger partial charge in [0.05, 0.1) is 5.52 Å². The highest BCUT2D eigenvalue weighted by Gasteiger charge is 2.12. The first kappa shape index (κ1) is 13.8. The predicted molar refractivity (Wildman–Crippen MR) is 82.7 cm³/mol. The van der Waals surface area contributed by atoms with Crippen LogP contribution < -0.4 is 10.6 Å². The van der Waals surface area contributed by atoms with Crippen molar-refractivity contribution in [3.8, 4) is 0 Å². The van der Waals surface area contributed by atoms with E-state index in [1.807, 2.05) is 6.07 Å². The summed E-state index contributed by atoms with van der Waals surface area (Å²) < 4.78 is 0. The van der Waals surface area contributed by atoms with Crippen LogP contribution in [0.15, 0.2) is 30.3 Å². The first-order chi connectivity index (χ1) is 9.15. The standard InChI is InChI=1S/C16H23N3/c1-4-14(17)11-13-10-12-8-6-7-9-15(12)18-16(13)19(3)5-2/h6-10,14H,4-5,11,17H2,1-3H3. The number of nitrogens with two attached hydrogens (primary N) is 1. The molecule has 0 fully saturated rings. The molecule has 0 bridgehead atoms. The third-order valence-corrected chi connectivity index (χ3v) is 3.62. The summed E-state index contributed by atoms with van der Waals surface area (Å²) in [5, 5.41) is 1.19. The van der Waals surface area contributed by atoms with Gasteiger partial charge in [-0.2, -0.15) is 0 Å². The van der Waals surface area contributed by atoms with Gasteiger partial charge in [0, 0.05) is 25.0 Å². The number of benzene rings is 1. The number of pyridine rings is 1. The third kappa shape index (κ3) is 3.04. The Labute approximate surface area is 115 Å². The molecule has 0 aliphatic carbocycles. The van der Waals surface area contributed by atoms with E-state index in [-0.39, 0.29) is 6.04 Å². The molecule has 1 aromatic carbocycles. The summed E-state index contributed by atoms with van der Waals surface area (Å²) in [6.07, 6.45) is 1.87. The van der Waals surface area contributed by atoms with E-state index in [4.69, 9.17) is 10.7 Å². The van der Waals surface area contributed by atoms with Gasteiger partial charge in [0.2, 0.25) is 0 Å². The van der Waals surface area contributed by atoms with Crippen LogP contribution in [0.2, 0.25) is 0 Å². The van der Waals surface area contributed by atoms with Crippen molar-refractivity contribution in [2.45, 2.75) is 32.7 Å². The van der Waals surface area contributed by atoms with Crippen molar-refractivity contribution in [3.05, 3.63) is 35.9 Å². The summed E-state index contributed by atoms with van der Waals surface area (Å²) >= 11 is 0. The van der Waals surface area contributed by atoms with E-state index in [0.29, 0.717) is 0 Å². The maximum atomic E-state index is 6.11. The van der Waals surface area contributed by atoms with E-state index in [1.165, 1.54) is 10.9 Å². The Kier molecular flexibility index (Phi) is 4.38. The van der Waals surface area contributed by atoms with Crippen LogP contribution in [0.25, 0.3) is 10.9 Å². The molecule has 0 aliphatic rings. The summed E-state index contributed by atoms with van der Waals surface area (Å²) in [5.41, 5.74) is 8.41. The van der Waals surface area contributed by atoms with Gasteiger partial charge in [-0.3, -0.25) is 0 Å². The molecular formula is C16H23N3. The molecule has 2 N–H and O–H groups in total. The summed E-state index contributed by atoms with van der Waals surface area (Å²) in [6.45, 7) is 5.21. The second-order valence-corrected chi connectivity index (χ2v) is 5.05. The van der Waals surface area contributed by atoms with Gasteiger partial charge in [-0.25, -0.2) is 4.98 Å². The molecule has 0 saturated heterocycles. The SMILES string of the molecule is CCC(N)Cc1cc2ccccc2nc1N(C)CC. The second kappa shape index (κ2) is 6.02. The fraction of sp³-hybridized carbons (Fsp3) is 0.438. The molecule has 0 amide bonds. The Hall–Kier alpha value is -1.61. The summed E-state index contributed by atoms with van der Waals surface area (Å²) in [6, 6.07) is 10.7. The van der Waals surface area contributed by atoms with E-state index >= 15 is 0 Å². The zero-order valence-electron chi connectivity index (χ0n) is 12.1. The molecule has 0 spiro atoms. The summed E-state index contributed by atoms with van der Waals surface area (Å²) in [5.74, 6) is 1.06. The number of fused-ring (bicyclic) bond motifs is 1. The molecule has 1 unspecified atom stereocenters. The van der Waals surface area contributed by atoms with E-state index in [0.717, 1.165) is 30.7 Å². The largest absolute Gasteiger partial charge is 0.360 e. The van der Waals surface area contributed by atoms with Gasteiger partial charge in [-0.1, -0.05) is 25.1 Å². The molecule has 3 nitrogen and oxygen atoms in total. The topological polar surface area (TPSA) is 42.1 Å². The normalized spacial score (nSPS) is 12.6. The highest BCUT2D eigenvalue weighted by molar-refractivity contribution is 5.81.